The molecule has 1 amide bonds. The first kappa shape index (κ1) is 23.6. The molecule has 0 atom stereocenters. The number of allylic oxidation sites excluding steroid dienone is 1. The number of carbonyl (C=O) groups excluding carboxylic acids is 2. The molecule has 33 heavy (non-hydrogen) atoms. The van der Waals surface area contributed by atoms with Crippen LogP contribution in [0, 0.1) is 0 Å². The smallest absolute Gasteiger partial charge is 0.412 e. The molecule has 3 aromatic rings. The van der Waals surface area contributed by atoms with Crippen molar-refractivity contribution < 1.29 is 24.2 Å². The molecule has 0 spiro atoms. The highest BCUT2D eigenvalue weighted by Crippen LogP contribution is 2.32. The van der Waals surface area contributed by atoms with Crippen LogP contribution in [0.5, 0.6) is 0 Å². The number of hydrogen-bond donors (Lipinski definition) is 3. The molecule has 0 unspecified atom stereocenters. The van der Waals surface area contributed by atoms with E-state index in [4.69, 9.17) is 4.74 Å². The highest BCUT2D eigenvalue weighted by atomic mass is 16.6. The van der Waals surface area contributed by atoms with Crippen LogP contribution in [0.4, 0.5) is 21.9 Å². The molecule has 8 nitrogen and oxygen atoms in total. The van der Waals surface area contributed by atoms with Crippen molar-refractivity contribution in [1.29, 1.82) is 0 Å². The van der Waals surface area contributed by atoms with Crippen LogP contribution in [-0.2, 0) is 16.0 Å². The third-order valence-corrected chi connectivity index (χ3v) is 4.62. The summed E-state index contributed by atoms with van der Waals surface area (Å²) in [5.41, 5.74) is 2.62. The second kappa shape index (κ2) is 9.20. The van der Waals surface area contributed by atoms with Gasteiger partial charge >= 0.3 is 12.1 Å². The third-order valence-electron chi connectivity index (χ3n) is 4.62. The lowest BCUT2D eigenvalue weighted by molar-refractivity contribution is -0.136. The van der Waals surface area contributed by atoms with Gasteiger partial charge in [0.1, 0.15) is 5.60 Å². The summed E-state index contributed by atoms with van der Waals surface area (Å²) in [5, 5.41) is 16.0. The van der Waals surface area contributed by atoms with E-state index in [1.165, 1.54) is 4.57 Å². The van der Waals surface area contributed by atoms with Crippen molar-refractivity contribution in [2.45, 2.75) is 39.7 Å². The lowest BCUT2D eigenvalue weighted by Crippen LogP contribution is -2.27. The zero-order valence-electron chi connectivity index (χ0n) is 19.1. The van der Waals surface area contributed by atoms with Crippen molar-refractivity contribution in [3.8, 4) is 0 Å². The lowest BCUT2D eigenvalue weighted by Gasteiger charge is -2.20. The number of amides is 1. The van der Waals surface area contributed by atoms with Gasteiger partial charge in [0.25, 0.3) is 5.91 Å². The van der Waals surface area contributed by atoms with Gasteiger partial charge in [-0.3, -0.25) is 19.5 Å². The fourth-order valence-electron chi connectivity index (χ4n) is 3.39. The first-order valence-corrected chi connectivity index (χ1v) is 10.4. The summed E-state index contributed by atoms with van der Waals surface area (Å²) in [4.78, 5) is 36.2. The summed E-state index contributed by atoms with van der Waals surface area (Å²) in [7, 11) is 0. The highest BCUT2D eigenvalue weighted by Gasteiger charge is 2.19. The Hall–Kier alpha value is -4.07. The number of carboxylic acid groups (broad SMARTS) is 1. The highest BCUT2D eigenvalue weighted by molar-refractivity contribution is 6.06. The summed E-state index contributed by atoms with van der Waals surface area (Å²) in [5.74, 6) is -1.31. The number of anilines is 3. The summed E-state index contributed by atoms with van der Waals surface area (Å²) in [6.45, 7) is 10.7. The second-order valence-corrected chi connectivity index (χ2v) is 8.71. The van der Waals surface area contributed by atoms with Gasteiger partial charge in [0, 0.05) is 34.2 Å². The van der Waals surface area contributed by atoms with Crippen molar-refractivity contribution in [3.05, 3.63) is 66.4 Å². The predicted molar refractivity (Wildman–Crippen MR) is 128 cm³/mol. The lowest BCUT2D eigenvalue weighted by atomic mass is 10.1. The van der Waals surface area contributed by atoms with Crippen LogP contribution in [0.25, 0.3) is 10.9 Å². The number of carbonyl (C=O) groups is 3. The van der Waals surface area contributed by atoms with E-state index in [1.54, 1.807) is 70.3 Å². The molecule has 0 saturated carbocycles. The van der Waals surface area contributed by atoms with Crippen LogP contribution in [0.15, 0.2) is 60.8 Å². The number of rotatable bonds is 6. The first-order chi connectivity index (χ1) is 15.4. The molecule has 0 radical (unpaired) electrons. The summed E-state index contributed by atoms with van der Waals surface area (Å²) in [6, 6.07) is 12.4. The minimum absolute atomic E-state index is 0.244. The van der Waals surface area contributed by atoms with Crippen molar-refractivity contribution >= 4 is 45.9 Å². The van der Waals surface area contributed by atoms with Crippen LogP contribution in [0.3, 0.4) is 0 Å². The maximum absolute atomic E-state index is 12.6. The average molecular weight is 450 g/mol. The molecule has 0 aliphatic rings. The zero-order valence-corrected chi connectivity index (χ0v) is 19.1. The van der Waals surface area contributed by atoms with Gasteiger partial charge in [-0.15, -0.1) is 0 Å². The number of carboxylic acids is 1. The molecular formula is C25H27N3O5. The van der Waals surface area contributed by atoms with Crippen molar-refractivity contribution in [2.24, 2.45) is 0 Å². The largest absolute Gasteiger partial charge is 0.481 e. The molecule has 3 rings (SSSR count). The Bertz CT molecular complexity index is 1250. The number of benzene rings is 2. The summed E-state index contributed by atoms with van der Waals surface area (Å²) < 4.78 is 6.70. The third kappa shape index (κ3) is 5.79. The first-order valence-electron chi connectivity index (χ1n) is 10.4. The van der Waals surface area contributed by atoms with E-state index in [0.717, 1.165) is 0 Å². The molecule has 8 heteroatoms. The fraction of sp³-hybridized carbons (Fsp3) is 0.240. The van der Waals surface area contributed by atoms with E-state index in [9.17, 15) is 19.5 Å². The number of fused-ring (bicyclic) bond motifs is 1. The van der Waals surface area contributed by atoms with Gasteiger partial charge in [0.05, 0.1) is 11.9 Å². The number of hydrogen-bond acceptors (Lipinski definition) is 5. The SMILES string of the molecule is C=C(C)C(=O)n1cc(CC(=O)O)c2c(Nc3cccc(NC(=O)OC(C)(C)C)c3)cccc21. The van der Waals surface area contributed by atoms with Gasteiger partial charge in [-0.05, 0) is 63.6 Å². The van der Waals surface area contributed by atoms with E-state index in [2.05, 4.69) is 17.2 Å². The normalized spacial score (nSPS) is 11.2. The van der Waals surface area contributed by atoms with Gasteiger partial charge < -0.3 is 15.2 Å². The summed E-state index contributed by atoms with van der Waals surface area (Å²) in [6.07, 6.45) is 0.730. The Labute approximate surface area is 191 Å². The van der Waals surface area contributed by atoms with Crippen molar-refractivity contribution in [2.75, 3.05) is 10.6 Å². The minimum atomic E-state index is -1.00. The minimum Gasteiger partial charge on any atom is -0.481 e. The van der Waals surface area contributed by atoms with Crippen LogP contribution < -0.4 is 10.6 Å². The monoisotopic (exact) mass is 449 g/mol. The topological polar surface area (TPSA) is 110 Å². The number of nitrogens with one attached hydrogen (secondary N) is 2. The molecule has 0 aliphatic heterocycles. The Morgan fingerprint density at radius 2 is 1.76 bits per heavy atom. The Kier molecular flexibility index (Phi) is 6.57. The van der Waals surface area contributed by atoms with Gasteiger partial charge in [-0.25, -0.2) is 4.79 Å². The Balaban J connectivity index is 1.98. The van der Waals surface area contributed by atoms with Crippen LogP contribution in [0.2, 0.25) is 0 Å². The zero-order chi connectivity index (χ0) is 24.3. The van der Waals surface area contributed by atoms with Crippen molar-refractivity contribution in [3.63, 3.8) is 0 Å². The molecule has 1 aromatic heterocycles. The Morgan fingerprint density at radius 3 is 2.39 bits per heavy atom. The molecule has 1 heterocycles. The maximum atomic E-state index is 12.6. The van der Waals surface area contributed by atoms with E-state index < -0.39 is 17.7 Å². The van der Waals surface area contributed by atoms with Crippen LogP contribution >= 0.6 is 0 Å². The van der Waals surface area contributed by atoms with E-state index >= 15 is 0 Å². The fourth-order valence-corrected chi connectivity index (χ4v) is 3.39. The molecule has 3 N–H and O–H groups in total. The van der Waals surface area contributed by atoms with Crippen LogP contribution in [0.1, 0.15) is 38.1 Å². The van der Waals surface area contributed by atoms with Crippen molar-refractivity contribution in [1.82, 2.24) is 4.57 Å². The molecule has 2 aromatic carbocycles. The molecule has 0 saturated heterocycles. The average Bonchev–Trinajstić information content (AvgIpc) is 3.04. The molecule has 0 aliphatic carbocycles. The molecule has 0 bridgehead atoms. The number of nitrogens with zero attached hydrogens (tertiary/aromatic N) is 1. The van der Waals surface area contributed by atoms with E-state index in [1.807, 2.05) is 6.07 Å². The van der Waals surface area contributed by atoms with Gasteiger partial charge in [-0.1, -0.05) is 18.7 Å². The summed E-state index contributed by atoms with van der Waals surface area (Å²) >= 11 is 0. The Morgan fingerprint density at radius 1 is 1.09 bits per heavy atom. The van der Waals surface area contributed by atoms with Gasteiger partial charge in [0.15, 0.2) is 0 Å². The molecular weight excluding hydrogens is 422 g/mol. The molecule has 172 valence electrons. The standard InChI is InChI=1S/C25H27N3O5/c1-15(2)23(31)28-14-16(12-21(29)30)22-19(10-7-11-20(22)28)26-17-8-6-9-18(13-17)27-24(32)33-25(3,4)5/h6-11,13-14,26H,1,12H2,2-5H3,(H,27,32)(H,29,30). The van der Waals surface area contributed by atoms with Crippen LogP contribution in [-0.4, -0.2) is 33.2 Å². The quantitative estimate of drug-likeness (QED) is 0.424. The van der Waals surface area contributed by atoms with Gasteiger partial charge in [-0.2, -0.15) is 0 Å². The second-order valence-electron chi connectivity index (χ2n) is 8.71. The number of ether oxygens (including phenoxy) is 1. The van der Waals surface area contributed by atoms with E-state index in [0.29, 0.717) is 39.1 Å². The van der Waals surface area contributed by atoms with Gasteiger partial charge in [0.2, 0.25) is 0 Å². The predicted octanol–water partition coefficient (Wildman–Crippen LogP) is 5.58. The number of aliphatic carboxylic acids is 1. The molecule has 0 fully saturated rings. The maximum Gasteiger partial charge on any atom is 0.412 e. The number of aromatic nitrogens is 1. The van der Waals surface area contributed by atoms with E-state index in [-0.39, 0.29) is 12.3 Å².